The van der Waals surface area contributed by atoms with Gasteiger partial charge < -0.3 is 5.32 Å². The molecule has 2 N–H and O–H groups in total. The zero-order valence-corrected chi connectivity index (χ0v) is 13.3. The molecule has 0 aliphatic rings. The third-order valence-electron chi connectivity index (χ3n) is 2.46. The molecule has 112 valence electrons. The van der Waals surface area contributed by atoms with E-state index in [0.29, 0.717) is 10.8 Å². The zero-order chi connectivity index (χ0) is 15.5. The van der Waals surface area contributed by atoms with Crippen LogP contribution in [0.25, 0.3) is 0 Å². The SMILES string of the molecule is CC(NS(=O)(=O)c1cccs1)C(=O)Nc1ccc(Cl)cn1. The molecule has 1 unspecified atom stereocenters. The summed E-state index contributed by atoms with van der Waals surface area (Å²) in [4.78, 5) is 15.8. The first-order chi connectivity index (χ1) is 9.88. The van der Waals surface area contributed by atoms with E-state index >= 15 is 0 Å². The quantitative estimate of drug-likeness (QED) is 0.868. The summed E-state index contributed by atoms with van der Waals surface area (Å²) in [5.41, 5.74) is 0. The van der Waals surface area contributed by atoms with Crippen molar-refractivity contribution in [2.45, 2.75) is 17.2 Å². The van der Waals surface area contributed by atoms with Crippen molar-refractivity contribution in [2.24, 2.45) is 0 Å². The van der Waals surface area contributed by atoms with Crippen molar-refractivity contribution in [3.8, 4) is 0 Å². The maximum absolute atomic E-state index is 12.0. The van der Waals surface area contributed by atoms with E-state index < -0.39 is 22.0 Å². The molecule has 0 radical (unpaired) electrons. The second-order valence-electron chi connectivity index (χ2n) is 4.13. The lowest BCUT2D eigenvalue weighted by molar-refractivity contribution is -0.117. The number of thiophene rings is 1. The molecule has 2 rings (SSSR count). The van der Waals surface area contributed by atoms with Gasteiger partial charge in [-0.25, -0.2) is 13.4 Å². The summed E-state index contributed by atoms with van der Waals surface area (Å²) in [6, 6.07) is 5.26. The lowest BCUT2D eigenvalue weighted by atomic mass is 10.3. The van der Waals surface area contributed by atoms with Crippen LogP contribution >= 0.6 is 22.9 Å². The first-order valence-corrected chi connectivity index (χ1v) is 8.61. The molecule has 1 atom stereocenters. The van der Waals surface area contributed by atoms with E-state index in [0.717, 1.165) is 11.3 Å². The summed E-state index contributed by atoms with van der Waals surface area (Å²) in [6.07, 6.45) is 1.39. The minimum atomic E-state index is -3.69. The van der Waals surface area contributed by atoms with Gasteiger partial charge >= 0.3 is 0 Å². The highest BCUT2D eigenvalue weighted by atomic mass is 35.5. The number of pyridine rings is 1. The second-order valence-corrected chi connectivity index (χ2v) is 7.45. The number of hydrogen-bond acceptors (Lipinski definition) is 5. The summed E-state index contributed by atoms with van der Waals surface area (Å²) in [6.45, 7) is 1.45. The zero-order valence-electron chi connectivity index (χ0n) is 10.9. The number of anilines is 1. The number of rotatable bonds is 5. The largest absolute Gasteiger partial charge is 0.309 e. The number of carbonyl (C=O) groups excluding carboxylic acids is 1. The summed E-state index contributed by atoms with van der Waals surface area (Å²) >= 11 is 6.77. The van der Waals surface area contributed by atoms with Crippen molar-refractivity contribution in [3.05, 3.63) is 40.9 Å². The molecular formula is C12H12ClN3O3S2. The molecule has 1 amide bonds. The highest BCUT2D eigenvalue weighted by Gasteiger charge is 2.22. The Hall–Kier alpha value is -1.48. The molecule has 2 aromatic rings. The average Bonchev–Trinajstić information content (AvgIpc) is 2.95. The van der Waals surface area contributed by atoms with Crippen LogP contribution in [0.15, 0.2) is 40.1 Å². The number of aromatic nitrogens is 1. The summed E-state index contributed by atoms with van der Waals surface area (Å²) < 4.78 is 26.4. The molecule has 0 saturated carbocycles. The lowest BCUT2D eigenvalue weighted by Crippen LogP contribution is -2.41. The van der Waals surface area contributed by atoms with Gasteiger partial charge in [0.05, 0.1) is 11.1 Å². The lowest BCUT2D eigenvalue weighted by Gasteiger charge is -2.13. The predicted octanol–water partition coefficient (Wildman–Crippen LogP) is 2.10. The third kappa shape index (κ3) is 4.24. The number of nitrogens with zero attached hydrogens (tertiary/aromatic N) is 1. The Labute approximate surface area is 131 Å². The molecular weight excluding hydrogens is 334 g/mol. The molecule has 0 aliphatic heterocycles. The highest BCUT2D eigenvalue weighted by molar-refractivity contribution is 7.91. The highest BCUT2D eigenvalue weighted by Crippen LogP contribution is 2.16. The summed E-state index contributed by atoms with van der Waals surface area (Å²) in [5, 5.41) is 4.60. The minimum Gasteiger partial charge on any atom is -0.309 e. The van der Waals surface area contributed by atoms with E-state index in [1.165, 1.54) is 25.3 Å². The Morgan fingerprint density at radius 1 is 1.38 bits per heavy atom. The Morgan fingerprint density at radius 3 is 2.71 bits per heavy atom. The van der Waals surface area contributed by atoms with Gasteiger partial charge in [0.25, 0.3) is 10.0 Å². The van der Waals surface area contributed by atoms with Gasteiger partial charge in [-0.15, -0.1) is 11.3 Å². The van der Waals surface area contributed by atoms with E-state index in [2.05, 4.69) is 15.0 Å². The third-order valence-corrected chi connectivity index (χ3v) is 5.63. The molecule has 0 aromatic carbocycles. The standard InChI is InChI=1S/C12H12ClN3O3S2/c1-8(16-21(18,19)11-3-2-6-20-11)12(17)15-10-5-4-9(13)7-14-10/h2-8,16H,1H3,(H,14,15,17). The smallest absolute Gasteiger partial charge is 0.250 e. The fourth-order valence-electron chi connectivity index (χ4n) is 1.44. The normalized spacial score (nSPS) is 12.9. The fourth-order valence-corrected chi connectivity index (χ4v) is 3.77. The molecule has 2 aromatic heterocycles. The number of nitrogens with one attached hydrogen (secondary N) is 2. The van der Waals surface area contributed by atoms with Gasteiger partial charge in [0.2, 0.25) is 5.91 Å². The van der Waals surface area contributed by atoms with E-state index in [9.17, 15) is 13.2 Å². The van der Waals surface area contributed by atoms with E-state index in [1.54, 1.807) is 17.5 Å². The van der Waals surface area contributed by atoms with Crippen LogP contribution in [0.2, 0.25) is 5.02 Å². The van der Waals surface area contributed by atoms with Gasteiger partial charge in [-0.1, -0.05) is 17.7 Å². The van der Waals surface area contributed by atoms with Crippen LogP contribution < -0.4 is 10.0 Å². The van der Waals surface area contributed by atoms with E-state index in [1.807, 2.05) is 0 Å². The minimum absolute atomic E-state index is 0.159. The Bertz CT molecular complexity index is 715. The van der Waals surface area contributed by atoms with Gasteiger partial charge in [-0.3, -0.25) is 4.79 Å². The molecule has 0 bridgehead atoms. The van der Waals surface area contributed by atoms with Gasteiger partial charge in [0.1, 0.15) is 10.0 Å². The second kappa shape index (κ2) is 6.52. The van der Waals surface area contributed by atoms with E-state index in [-0.39, 0.29) is 4.21 Å². The maximum Gasteiger partial charge on any atom is 0.250 e. The Balaban J connectivity index is 2.01. The van der Waals surface area contributed by atoms with Crippen LogP contribution in [0.4, 0.5) is 5.82 Å². The van der Waals surface area contributed by atoms with Gasteiger partial charge in [-0.05, 0) is 30.5 Å². The van der Waals surface area contributed by atoms with Gasteiger partial charge in [-0.2, -0.15) is 4.72 Å². The number of halogens is 1. The molecule has 0 fully saturated rings. The summed E-state index contributed by atoms with van der Waals surface area (Å²) in [7, 11) is -3.69. The number of sulfonamides is 1. The van der Waals surface area contributed by atoms with Crippen molar-refractivity contribution in [1.82, 2.24) is 9.71 Å². The van der Waals surface area contributed by atoms with Crippen molar-refractivity contribution < 1.29 is 13.2 Å². The van der Waals surface area contributed by atoms with E-state index in [4.69, 9.17) is 11.6 Å². The predicted molar refractivity (Wildman–Crippen MR) is 82.0 cm³/mol. The maximum atomic E-state index is 12.0. The Kier molecular flexibility index (Phi) is 4.94. The van der Waals surface area contributed by atoms with Crippen LogP contribution in [-0.2, 0) is 14.8 Å². The molecule has 0 aliphatic carbocycles. The Morgan fingerprint density at radius 2 is 2.14 bits per heavy atom. The molecule has 2 heterocycles. The molecule has 6 nitrogen and oxygen atoms in total. The topological polar surface area (TPSA) is 88.2 Å². The van der Waals surface area contributed by atoms with Crippen LogP contribution in [0, 0.1) is 0 Å². The van der Waals surface area contributed by atoms with Crippen LogP contribution in [-0.4, -0.2) is 25.4 Å². The van der Waals surface area contributed by atoms with Crippen LogP contribution in [0.3, 0.4) is 0 Å². The van der Waals surface area contributed by atoms with Crippen LogP contribution in [0.1, 0.15) is 6.92 Å². The first-order valence-electron chi connectivity index (χ1n) is 5.87. The van der Waals surface area contributed by atoms with Gasteiger partial charge in [0.15, 0.2) is 0 Å². The fraction of sp³-hybridized carbons (Fsp3) is 0.167. The number of hydrogen-bond donors (Lipinski definition) is 2. The van der Waals surface area contributed by atoms with Crippen molar-refractivity contribution in [3.63, 3.8) is 0 Å². The summed E-state index contributed by atoms with van der Waals surface area (Å²) in [5.74, 6) is -0.212. The molecule has 9 heteroatoms. The van der Waals surface area contributed by atoms with Crippen molar-refractivity contribution in [1.29, 1.82) is 0 Å². The van der Waals surface area contributed by atoms with Crippen molar-refractivity contribution in [2.75, 3.05) is 5.32 Å². The first kappa shape index (κ1) is 15.9. The van der Waals surface area contributed by atoms with Crippen molar-refractivity contribution >= 4 is 44.7 Å². The monoisotopic (exact) mass is 345 g/mol. The molecule has 21 heavy (non-hydrogen) atoms. The van der Waals surface area contributed by atoms with Crippen LogP contribution in [0.5, 0.6) is 0 Å². The number of amides is 1. The molecule has 0 spiro atoms. The van der Waals surface area contributed by atoms with Gasteiger partial charge in [0, 0.05) is 6.20 Å². The number of carbonyl (C=O) groups is 1. The molecule has 0 saturated heterocycles. The average molecular weight is 346 g/mol.